The molecule has 1 saturated carbocycles. The molecule has 218 valence electrons. The molecule has 0 spiro atoms. The Balaban J connectivity index is 0.000000260. The van der Waals surface area contributed by atoms with Crippen LogP contribution in [0.25, 0.3) is 22.2 Å². The molecule has 2 N–H and O–H groups in total. The molecule has 5 aliphatic rings. The standard InChI is InChI=1S/C23H25ClN5O2P.C7H12FN/c1-31-23-27-20-16(22(28-23)29-9-12-4-5-13(10-29)26-12)8-25-19(21(20)32)15-6-14(30)7-17(24)18(15)11-2-3-11;8-6-4-7-2-1-3-9(7)5-6/h6-8,11-13,26,30H,2-5,9-10,32H2,1H3;6-7H,1-5H2/t;6-,7?/m.1/s1. The second kappa shape index (κ2) is 11.1. The van der Waals surface area contributed by atoms with Crippen molar-refractivity contribution < 1.29 is 14.2 Å². The van der Waals surface area contributed by atoms with E-state index in [1.807, 2.05) is 6.20 Å². The van der Waals surface area contributed by atoms with Gasteiger partial charge in [0.15, 0.2) is 0 Å². The van der Waals surface area contributed by atoms with Crippen LogP contribution in [-0.2, 0) is 0 Å². The Morgan fingerprint density at radius 1 is 1.10 bits per heavy atom. The van der Waals surface area contributed by atoms with Gasteiger partial charge in [-0.05, 0) is 75.1 Å². The lowest BCUT2D eigenvalue weighted by atomic mass is 9.99. The Bertz CT molecular complexity index is 1450. The third-order valence-electron chi connectivity index (χ3n) is 9.25. The zero-order valence-electron chi connectivity index (χ0n) is 23.3. The van der Waals surface area contributed by atoms with E-state index in [4.69, 9.17) is 31.3 Å². The quantitative estimate of drug-likeness (QED) is 0.423. The van der Waals surface area contributed by atoms with Crippen LogP contribution >= 0.6 is 20.8 Å². The number of methoxy groups -OCH3 is 1. The minimum atomic E-state index is -0.518. The summed E-state index contributed by atoms with van der Waals surface area (Å²) in [4.78, 5) is 18.9. The van der Waals surface area contributed by atoms with Gasteiger partial charge in [-0.3, -0.25) is 9.88 Å². The van der Waals surface area contributed by atoms with Crippen molar-refractivity contribution in [3.8, 4) is 23.0 Å². The van der Waals surface area contributed by atoms with E-state index in [0.29, 0.717) is 41.6 Å². The summed E-state index contributed by atoms with van der Waals surface area (Å²) in [5.74, 6) is 1.41. The molecule has 4 saturated heterocycles. The third kappa shape index (κ3) is 5.35. The van der Waals surface area contributed by atoms with Crippen molar-refractivity contribution >= 4 is 42.9 Å². The molecule has 3 aromatic rings. The number of phenolic OH excluding ortho intramolecular Hbond substituents is 1. The average molecular weight is 599 g/mol. The zero-order valence-corrected chi connectivity index (χ0v) is 25.2. The molecule has 2 bridgehead atoms. The second-order valence-electron chi connectivity index (χ2n) is 12.1. The molecule has 5 fully saturated rings. The van der Waals surface area contributed by atoms with Gasteiger partial charge in [0.05, 0.1) is 23.7 Å². The normalized spacial score (nSPS) is 27.2. The van der Waals surface area contributed by atoms with Crippen LogP contribution in [0.5, 0.6) is 11.8 Å². The predicted octanol–water partition coefficient (Wildman–Crippen LogP) is 4.57. The van der Waals surface area contributed by atoms with Crippen molar-refractivity contribution in [2.75, 3.05) is 38.2 Å². The van der Waals surface area contributed by atoms with Crippen molar-refractivity contribution in [3.05, 3.63) is 28.9 Å². The average Bonchev–Trinajstić information content (AvgIpc) is 3.46. The number of hydrogen-bond acceptors (Lipinski definition) is 8. The molecule has 0 radical (unpaired) electrons. The topological polar surface area (TPSA) is 86.6 Å². The van der Waals surface area contributed by atoms with Crippen LogP contribution in [0.3, 0.4) is 0 Å². The Hall–Kier alpha value is -2.32. The van der Waals surface area contributed by atoms with E-state index in [1.54, 1.807) is 19.2 Å². The van der Waals surface area contributed by atoms with E-state index < -0.39 is 6.17 Å². The molecule has 8 nitrogen and oxygen atoms in total. The van der Waals surface area contributed by atoms with Gasteiger partial charge in [-0.2, -0.15) is 9.97 Å². The molecular formula is C30H37ClFN6O2P. The highest BCUT2D eigenvalue weighted by Crippen LogP contribution is 2.48. The molecular weight excluding hydrogens is 562 g/mol. The Kier molecular flexibility index (Phi) is 7.43. The van der Waals surface area contributed by atoms with Crippen molar-refractivity contribution in [2.24, 2.45) is 0 Å². The number of alkyl halides is 1. The molecule has 4 aliphatic heterocycles. The summed E-state index contributed by atoms with van der Waals surface area (Å²) in [6.07, 6.45) is 9.26. The molecule has 0 amide bonds. The number of nitrogens with zero attached hydrogens (tertiary/aromatic N) is 5. The van der Waals surface area contributed by atoms with Gasteiger partial charge in [0, 0.05) is 59.8 Å². The van der Waals surface area contributed by atoms with Crippen molar-refractivity contribution in [3.63, 3.8) is 0 Å². The van der Waals surface area contributed by atoms with E-state index in [0.717, 1.165) is 77.7 Å². The number of ether oxygens (including phenoxy) is 1. The van der Waals surface area contributed by atoms with Crippen LogP contribution in [0.15, 0.2) is 18.3 Å². The Morgan fingerprint density at radius 2 is 1.88 bits per heavy atom. The minimum absolute atomic E-state index is 0.137. The molecule has 1 aliphatic carbocycles. The lowest BCUT2D eigenvalue weighted by molar-refractivity contribution is 0.292. The number of pyridine rings is 1. The summed E-state index contributed by atoms with van der Waals surface area (Å²) >= 11 is 6.55. The van der Waals surface area contributed by atoms with Crippen LogP contribution in [-0.4, -0.2) is 82.5 Å². The summed E-state index contributed by atoms with van der Waals surface area (Å²) in [6.45, 7) is 3.68. The molecule has 41 heavy (non-hydrogen) atoms. The van der Waals surface area contributed by atoms with E-state index in [2.05, 4.69) is 24.4 Å². The van der Waals surface area contributed by atoms with E-state index in [9.17, 15) is 9.50 Å². The summed E-state index contributed by atoms with van der Waals surface area (Å²) < 4.78 is 18.1. The monoisotopic (exact) mass is 598 g/mol. The van der Waals surface area contributed by atoms with Crippen LogP contribution in [0.2, 0.25) is 5.02 Å². The fraction of sp³-hybridized carbons (Fsp3) is 0.567. The smallest absolute Gasteiger partial charge is 0.318 e. The number of anilines is 1. The number of benzene rings is 1. The molecule has 11 heteroatoms. The lowest BCUT2D eigenvalue weighted by Crippen LogP contribution is -2.51. The van der Waals surface area contributed by atoms with Crippen LogP contribution in [0.1, 0.15) is 56.4 Å². The van der Waals surface area contributed by atoms with Gasteiger partial charge in [0.1, 0.15) is 17.7 Å². The highest BCUT2D eigenvalue weighted by atomic mass is 35.5. The number of rotatable bonds is 4. The third-order valence-corrected chi connectivity index (χ3v) is 10.1. The van der Waals surface area contributed by atoms with Gasteiger partial charge >= 0.3 is 6.01 Å². The Morgan fingerprint density at radius 3 is 2.59 bits per heavy atom. The first-order valence-electron chi connectivity index (χ1n) is 14.8. The number of nitrogens with one attached hydrogen (secondary N) is 1. The van der Waals surface area contributed by atoms with Gasteiger partial charge in [0.25, 0.3) is 0 Å². The van der Waals surface area contributed by atoms with Gasteiger partial charge < -0.3 is 20.1 Å². The number of hydrogen-bond donors (Lipinski definition) is 2. The molecule has 8 rings (SSSR count). The number of piperazine rings is 1. The predicted molar refractivity (Wildman–Crippen MR) is 164 cm³/mol. The minimum Gasteiger partial charge on any atom is -0.508 e. The molecule has 2 aromatic heterocycles. The number of halogens is 2. The summed E-state index contributed by atoms with van der Waals surface area (Å²) in [5.41, 5.74) is 3.46. The first-order valence-corrected chi connectivity index (χ1v) is 15.8. The van der Waals surface area contributed by atoms with E-state index in [1.165, 1.54) is 25.7 Å². The van der Waals surface area contributed by atoms with Gasteiger partial charge in [0.2, 0.25) is 0 Å². The number of fused-ring (bicyclic) bond motifs is 4. The molecule has 1 aromatic carbocycles. The SMILES string of the molecule is COc1nc(N2CC3CCC(C2)N3)c2cnc(-c3cc(O)cc(Cl)c3C3CC3)c(P)c2n1.F[C@@H]1CC2CCCN2C1. The second-order valence-corrected chi connectivity index (χ2v) is 13.1. The number of phenols is 1. The fourth-order valence-corrected chi connectivity index (χ4v) is 8.02. The summed E-state index contributed by atoms with van der Waals surface area (Å²) in [6, 6.07) is 5.31. The first-order chi connectivity index (χ1) is 19.9. The zero-order chi connectivity index (χ0) is 28.2. The largest absolute Gasteiger partial charge is 0.508 e. The van der Waals surface area contributed by atoms with Gasteiger partial charge in [-0.15, -0.1) is 9.24 Å². The summed E-state index contributed by atoms with van der Waals surface area (Å²) in [7, 11) is 4.39. The first kappa shape index (κ1) is 27.5. The maximum Gasteiger partial charge on any atom is 0.318 e. The highest BCUT2D eigenvalue weighted by molar-refractivity contribution is 7.28. The van der Waals surface area contributed by atoms with E-state index in [-0.39, 0.29) is 5.75 Å². The molecule has 6 heterocycles. The Labute approximate surface area is 247 Å². The number of aromatic hydroxyl groups is 1. The number of aromatic nitrogens is 3. The maximum atomic E-state index is 12.6. The fourth-order valence-electron chi connectivity index (χ4n) is 7.20. The maximum absolute atomic E-state index is 12.6. The van der Waals surface area contributed by atoms with Crippen molar-refractivity contribution in [2.45, 2.75) is 75.2 Å². The van der Waals surface area contributed by atoms with Crippen molar-refractivity contribution in [1.82, 2.24) is 25.2 Å². The highest BCUT2D eigenvalue weighted by Gasteiger charge is 2.36. The van der Waals surface area contributed by atoms with E-state index >= 15 is 0 Å². The lowest BCUT2D eigenvalue weighted by Gasteiger charge is -2.34. The summed E-state index contributed by atoms with van der Waals surface area (Å²) in [5, 5.41) is 16.3. The molecule has 5 atom stereocenters. The van der Waals surface area contributed by atoms with Crippen LogP contribution in [0, 0.1) is 0 Å². The van der Waals surface area contributed by atoms with Gasteiger partial charge in [-0.25, -0.2) is 4.39 Å². The van der Waals surface area contributed by atoms with Crippen molar-refractivity contribution in [1.29, 1.82) is 0 Å². The molecule has 4 unspecified atom stereocenters. The van der Waals surface area contributed by atoms with Gasteiger partial charge in [-0.1, -0.05) is 11.6 Å². The van der Waals surface area contributed by atoms with Crippen LogP contribution in [0.4, 0.5) is 10.2 Å². The van der Waals surface area contributed by atoms with Crippen LogP contribution < -0.4 is 20.3 Å².